The minimum Gasteiger partial charge on any atom is -0.450 e. The van der Waals surface area contributed by atoms with Crippen LogP contribution in [0.3, 0.4) is 0 Å². The van der Waals surface area contributed by atoms with Gasteiger partial charge in [0.25, 0.3) is 0 Å². The molecule has 2 heterocycles. The molecule has 0 atom stereocenters. The average molecular weight is 389 g/mol. The molecule has 2 amide bonds. The fourth-order valence-corrected chi connectivity index (χ4v) is 3.83. The summed E-state index contributed by atoms with van der Waals surface area (Å²) in [6.07, 6.45) is 5.24. The van der Waals surface area contributed by atoms with Crippen LogP contribution in [0, 0.1) is 0 Å². The third kappa shape index (κ3) is 5.86. The molecule has 2 fully saturated rings. The van der Waals surface area contributed by atoms with Crippen LogP contribution in [-0.4, -0.2) is 62.3 Å². The van der Waals surface area contributed by atoms with Crippen LogP contribution in [0.25, 0.3) is 0 Å². The molecule has 0 spiro atoms. The summed E-state index contributed by atoms with van der Waals surface area (Å²) in [6.45, 7) is 6.04. The highest BCUT2D eigenvalue weighted by molar-refractivity contribution is 5.92. The third-order valence-electron chi connectivity index (χ3n) is 5.44. The Morgan fingerprint density at radius 3 is 2.36 bits per heavy atom. The van der Waals surface area contributed by atoms with E-state index in [1.54, 1.807) is 4.90 Å². The number of anilines is 2. The van der Waals surface area contributed by atoms with Gasteiger partial charge in [0.1, 0.15) is 0 Å². The van der Waals surface area contributed by atoms with E-state index >= 15 is 0 Å². The Balaban J connectivity index is 1.37. The van der Waals surface area contributed by atoms with Gasteiger partial charge in [-0.25, -0.2) is 4.79 Å². The highest BCUT2D eigenvalue weighted by Crippen LogP contribution is 2.21. The first-order chi connectivity index (χ1) is 13.7. The van der Waals surface area contributed by atoms with Gasteiger partial charge in [-0.15, -0.1) is 0 Å². The Bertz CT molecular complexity index is 636. The average Bonchev–Trinajstić information content (AvgIpc) is 2.74. The summed E-state index contributed by atoms with van der Waals surface area (Å²) in [5.74, 6) is -0.0430. The van der Waals surface area contributed by atoms with E-state index in [1.165, 1.54) is 24.9 Å². The molecule has 7 heteroatoms. The second-order valence-electron chi connectivity index (χ2n) is 7.48. The Morgan fingerprint density at radius 1 is 1.04 bits per heavy atom. The van der Waals surface area contributed by atoms with E-state index in [0.29, 0.717) is 19.7 Å². The molecule has 28 heavy (non-hydrogen) atoms. The largest absolute Gasteiger partial charge is 0.450 e. The number of hydrogen-bond acceptors (Lipinski definition) is 5. The van der Waals surface area contributed by atoms with Crippen molar-refractivity contribution in [2.75, 3.05) is 49.5 Å². The SMILES string of the molecule is CCOC(=O)N1CCC(NCC(=O)Nc2ccc(N3CCCCC3)cc2)CC1. The van der Waals surface area contributed by atoms with E-state index < -0.39 is 0 Å². The molecule has 2 N–H and O–H groups in total. The summed E-state index contributed by atoms with van der Waals surface area (Å²) in [5, 5.41) is 6.25. The lowest BCUT2D eigenvalue weighted by Gasteiger charge is -2.31. The fraction of sp³-hybridized carbons (Fsp3) is 0.619. The van der Waals surface area contributed by atoms with Gasteiger partial charge < -0.3 is 25.2 Å². The van der Waals surface area contributed by atoms with Crippen molar-refractivity contribution < 1.29 is 14.3 Å². The molecule has 154 valence electrons. The molecule has 2 saturated heterocycles. The number of carbonyl (C=O) groups excluding carboxylic acids is 2. The number of hydrogen-bond donors (Lipinski definition) is 2. The Kier molecular flexibility index (Phi) is 7.54. The smallest absolute Gasteiger partial charge is 0.409 e. The highest BCUT2D eigenvalue weighted by atomic mass is 16.6. The van der Waals surface area contributed by atoms with E-state index in [0.717, 1.165) is 31.6 Å². The topological polar surface area (TPSA) is 73.9 Å². The zero-order valence-electron chi connectivity index (χ0n) is 16.8. The molecule has 0 unspecified atom stereocenters. The zero-order chi connectivity index (χ0) is 19.8. The van der Waals surface area contributed by atoms with Crippen LogP contribution in [0.2, 0.25) is 0 Å². The molecule has 3 rings (SSSR count). The van der Waals surface area contributed by atoms with Crippen molar-refractivity contribution in [3.63, 3.8) is 0 Å². The molecule has 1 aromatic carbocycles. The number of carbonyl (C=O) groups is 2. The molecule has 1 aromatic rings. The lowest BCUT2D eigenvalue weighted by Crippen LogP contribution is -2.46. The number of piperidine rings is 2. The van der Waals surface area contributed by atoms with E-state index in [9.17, 15) is 9.59 Å². The van der Waals surface area contributed by atoms with Crippen molar-refractivity contribution in [3.05, 3.63) is 24.3 Å². The van der Waals surface area contributed by atoms with Crippen LogP contribution >= 0.6 is 0 Å². The maximum atomic E-state index is 12.2. The quantitative estimate of drug-likeness (QED) is 0.784. The zero-order valence-corrected chi connectivity index (χ0v) is 16.8. The number of rotatable bonds is 6. The first-order valence-corrected chi connectivity index (χ1v) is 10.5. The van der Waals surface area contributed by atoms with Gasteiger partial charge >= 0.3 is 6.09 Å². The van der Waals surface area contributed by atoms with Crippen LogP contribution < -0.4 is 15.5 Å². The fourth-order valence-electron chi connectivity index (χ4n) is 3.83. The van der Waals surface area contributed by atoms with Crippen molar-refractivity contribution in [2.45, 2.75) is 45.1 Å². The lowest BCUT2D eigenvalue weighted by atomic mass is 10.1. The van der Waals surface area contributed by atoms with Crippen molar-refractivity contribution in [1.82, 2.24) is 10.2 Å². The normalized spacial score (nSPS) is 18.0. The van der Waals surface area contributed by atoms with Crippen LogP contribution in [0.15, 0.2) is 24.3 Å². The van der Waals surface area contributed by atoms with Crippen molar-refractivity contribution in [2.24, 2.45) is 0 Å². The van der Waals surface area contributed by atoms with Crippen molar-refractivity contribution >= 4 is 23.4 Å². The number of benzene rings is 1. The number of ether oxygens (including phenoxy) is 1. The van der Waals surface area contributed by atoms with Gasteiger partial charge in [-0.3, -0.25) is 4.79 Å². The van der Waals surface area contributed by atoms with Crippen molar-refractivity contribution in [1.29, 1.82) is 0 Å². The number of nitrogens with one attached hydrogen (secondary N) is 2. The molecule has 0 bridgehead atoms. The number of amides is 2. The second kappa shape index (κ2) is 10.3. The molecule has 2 aliphatic heterocycles. The van der Waals surface area contributed by atoms with Gasteiger partial charge in [-0.1, -0.05) is 0 Å². The van der Waals surface area contributed by atoms with Crippen molar-refractivity contribution in [3.8, 4) is 0 Å². The maximum Gasteiger partial charge on any atom is 0.409 e. The van der Waals surface area contributed by atoms with Gasteiger partial charge in [-0.2, -0.15) is 0 Å². The van der Waals surface area contributed by atoms with E-state index in [4.69, 9.17) is 4.74 Å². The molecule has 0 aromatic heterocycles. The predicted molar refractivity (Wildman–Crippen MR) is 111 cm³/mol. The van der Waals surface area contributed by atoms with Crippen LogP contribution in [-0.2, 0) is 9.53 Å². The van der Waals surface area contributed by atoms with Gasteiger partial charge in [-0.05, 0) is 63.3 Å². The van der Waals surface area contributed by atoms with Gasteiger partial charge in [0, 0.05) is 43.6 Å². The standard InChI is InChI=1S/C21H32N4O3/c1-2-28-21(27)25-14-10-17(11-15-25)22-16-20(26)23-18-6-8-19(9-7-18)24-12-4-3-5-13-24/h6-9,17,22H,2-5,10-16H2,1H3,(H,23,26). The summed E-state index contributed by atoms with van der Waals surface area (Å²) >= 11 is 0. The van der Waals surface area contributed by atoms with E-state index in [2.05, 4.69) is 27.7 Å². The third-order valence-corrected chi connectivity index (χ3v) is 5.44. The summed E-state index contributed by atoms with van der Waals surface area (Å²) in [4.78, 5) is 28.1. The summed E-state index contributed by atoms with van der Waals surface area (Å²) in [5.41, 5.74) is 2.05. The minimum absolute atomic E-state index is 0.0430. The highest BCUT2D eigenvalue weighted by Gasteiger charge is 2.23. The van der Waals surface area contributed by atoms with Gasteiger partial charge in [0.05, 0.1) is 13.2 Å². The van der Waals surface area contributed by atoms with E-state index in [-0.39, 0.29) is 24.6 Å². The van der Waals surface area contributed by atoms with Crippen LogP contribution in [0.4, 0.5) is 16.2 Å². The molecular formula is C21H32N4O3. The van der Waals surface area contributed by atoms with Gasteiger partial charge in [0.15, 0.2) is 0 Å². The first-order valence-electron chi connectivity index (χ1n) is 10.5. The molecule has 2 aliphatic rings. The monoisotopic (exact) mass is 388 g/mol. The summed E-state index contributed by atoms with van der Waals surface area (Å²) in [7, 11) is 0. The molecule has 0 radical (unpaired) electrons. The summed E-state index contributed by atoms with van der Waals surface area (Å²) in [6, 6.07) is 8.36. The van der Waals surface area contributed by atoms with Gasteiger partial charge in [0.2, 0.25) is 5.91 Å². The maximum absolute atomic E-state index is 12.2. The summed E-state index contributed by atoms with van der Waals surface area (Å²) < 4.78 is 5.03. The minimum atomic E-state index is -0.244. The number of likely N-dealkylation sites (tertiary alicyclic amines) is 1. The van der Waals surface area contributed by atoms with Crippen LogP contribution in [0.5, 0.6) is 0 Å². The second-order valence-corrected chi connectivity index (χ2v) is 7.48. The Labute approximate surface area is 167 Å². The molecule has 7 nitrogen and oxygen atoms in total. The Morgan fingerprint density at radius 2 is 1.71 bits per heavy atom. The van der Waals surface area contributed by atoms with E-state index in [1.807, 2.05) is 19.1 Å². The molecule has 0 saturated carbocycles. The first kappa shape index (κ1) is 20.5. The lowest BCUT2D eigenvalue weighted by molar-refractivity contribution is -0.115. The Hall–Kier alpha value is -2.28. The molecular weight excluding hydrogens is 356 g/mol. The van der Waals surface area contributed by atoms with Crippen LogP contribution in [0.1, 0.15) is 39.0 Å². The number of nitrogens with zero attached hydrogens (tertiary/aromatic N) is 2. The predicted octanol–water partition coefficient (Wildman–Crippen LogP) is 2.83. The molecule has 0 aliphatic carbocycles.